The van der Waals surface area contributed by atoms with Crippen molar-refractivity contribution in [2.45, 2.75) is 58.8 Å². The minimum absolute atomic E-state index is 0.184. The van der Waals surface area contributed by atoms with Crippen molar-refractivity contribution in [2.75, 3.05) is 23.8 Å². The van der Waals surface area contributed by atoms with Gasteiger partial charge in [0.2, 0.25) is 5.95 Å². The highest BCUT2D eigenvalue weighted by Crippen LogP contribution is 2.37. The number of amides is 2. The number of aromatic nitrogens is 3. The smallest absolute Gasteiger partial charge is 0.255 e. The zero-order valence-electron chi connectivity index (χ0n) is 25.9. The second-order valence-electron chi connectivity index (χ2n) is 12.2. The summed E-state index contributed by atoms with van der Waals surface area (Å²) >= 11 is 0. The Balaban J connectivity index is 1.33. The van der Waals surface area contributed by atoms with Gasteiger partial charge in [0.25, 0.3) is 11.8 Å². The van der Waals surface area contributed by atoms with E-state index in [1.807, 2.05) is 51.1 Å². The van der Waals surface area contributed by atoms with E-state index in [0.29, 0.717) is 47.4 Å². The van der Waals surface area contributed by atoms with E-state index < -0.39 is 5.79 Å². The lowest BCUT2D eigenvalue weighted by molar-refractivity contribution is -0.137. The van der Waals surface area contributed by atoms with Gasteiger partial charge in [-0.1, -0.05) is 45.0 Å². The van der Waals surface area contributed by atoms with Gasteiger partial charge < -0.3 is 25.4 Å². The molecule has 0 aliphatic carbocycles. The van der Waals surface area contributed by atoms with Crippen LogP contribution in [0, 0.1) is 6.92 Å². The van der Waals surface area contributed by atoms with Gasteiger partial charge in [-0.3, -0.25) is 9.59 Å². The zero-order valence-corrected chi connectivity index (χ0v) is 25.9. The van der Waals surface area contributed by atoms with Crippen LogP contribution in [0.25, 0.3) is 11.4 Å². The molecule has 3 aromatic carbocycles. The van der Waals surface area contributed by atoms with Crippen LogP contribution < -0.4 is 16.0 Å². The number of carbonyl (C=O) groups is 2. The summed E-state index contributed by atoms with van der Waals surface area (Å²) in [6.45, 7) is 12.8. The van der Waals surface area contributed by atoms with Gasteiger partial charge in [0.15, 0.2) is 11.6 Å². The number of anilines is 3. The minimum Gasteiger partial charge on any atom is -0.349 e. The van der Waals surface area contributed by atoms with E-state index in [0.717, 1.165) is 16.7 Å². The summed E-state index contributed by atoms with van der Waals surface area (Å²) < 4.78 is 11.3. The molecule has 1 saturated heterocycles. The predicted molar refractivity (Wildman–Crippen MR) is 170 cm³/mol. The Bertz CT molecular complexity index is 1650. The third-order valence-electron chi connectivity index (χ3n) is 7.31. The molecule has 10 nitrogen and oxygen atoms in total. The fourth-order valence-electron chi connectivity index (χ4n) is 5.03. The molecule has 1 unspecified atom stereocenters. The molecule has 1 aromatic heterocycles. The van der Waals surface area contributed by atoms with E-state index in [4.69, 9.17) is 14.5 Å². The molecule has 1 fully saturated rings. The van der Waals surface area contributed by atoms with Gasteiger partial charge in [-0.25, -0.2) is 9.97 Å². The van der Waals surface area contributed by atoms with Crippen molar-refractivity contribution < 1.29 is 19.1 Å². The number of ether oxygens (including phenoxy) is 2. The second kappa shape index (κ2) is 12.5. The first-order valence-corrected chi connectivity index (χ1v) is 14.6. The standard InChI is InChI=1S/C34H38N6O4/c1-21-27(39-31(42)22-10-8-7-9-11-22)17-16-26(33(2,3)4)28(21)29-36-20-37-32(40-29)38-24-14-12-23(13-15-24)30(41)35-18-25-19-43-34(5,6)44-25/h7-17,20,25H,18-19H2,1-6H3,(H,35,41)(H,39,42)(H,36,37,38,40). The van der Waals surface area contributed by atoms with Crippen molar-refractivity contribution in [1.82, 2.24) is 20.3 Å². The number of carbonyl (C=O) groups excluding carboxylic acids is 2. The quantitative estimate of drug-likeness (QED) is 0.226. The van der Waals surface area contributed by atoms with Crippen LogP contribution in [-0.2, 0) is 14.9 Å². The molecule has 1 aliphatic heterocycles. The van der Waals surface area contributed by atoms with Crippen molar-refractivity contribution in [3.05, 3.63) is 95.3 Å². The fraction of sp³-hybridized carbons (Fsp3) is 0.324. The van der Waals surface area contributed by atoms with Gasteiger partial charge in [-0.05, 0) is 79.8 Å². The molecular formula is C34H38N6O4. The van der Waals surface area contributed by atoms with Crippen LogP contribution in [0.3, 0.4) is 0 Å². The van der Waals surface area contributed by atoms with Crippen molar-refractivity contribution in [1.29, 1.82) is 0 Å². The SMILES string of the molecule is Cc1c(NC(=O)c2ccccc2)ccc(C(C)(C)C)c1-c1ncnc(Nc2ccc(C(=O)NCC3COC(C)(C)O3)cc2)n1. The monoisotopic (exact) mass is 594 g/mol. The highest BCUT2D eigenvalue weighted by molar-refractivity contribution is 6.05. The summed E-state index contributed by atoms with van der Waals surface area (Å²) in [7, 11) is 0. The molecule has 1 atom stereocenters. The van der Waals surface area contributed by atoms with E-state index in [9.17, 15) is 9.59 Å². The van der Waals surface area contributed by atoms with E-state index in [2.05, 4.69) is 46.7 Å². The van der Waals surface area contributed by atoms with Gasteiger partial charge in [0.05, 0.1) is 6.61 Å². The van der Waals surface area contributed by atoms with Crippen molar-refractivity contribution in [3.8, 4) is 11.4 Å². The number of rotatable bonds is 8. The summed E-state index contributed by atoms with van der Waals surface area (Å²) in [5, 5.41) is 9.15. The second-order valence-corrected chi connectivity index (χ2v) is 12.2. The molecule has 4 aromatic rings. The molecule has 44 heavy (non-hydrogen) atoms. The van der Waals surface area contributed by atoms with Gasteiger partial charge in [0.1, 0.15) is 12.4 Å². The highest BCUT2D eigenvalue weighted by atomic mass is 16.7. The van der Waals surface area contributed by atoms with Crippen LogP contribution >= 0.6 is 0 Å². The van der Waals surface area contributed by atoms with E-state index in [-0.39, 0.29) is 23.3 Å². The normalized spacial score (nSPS) is 15.9. The largest absolute Gasteiger partial charge is 0.349 e. The van der Waals surface area contributed by atoms with Gasteiger partial charge in [-0.2, -0.15) is 4.98 Å². The summed E-state index contributed by atoms with van der Waals surface area (Å²) in [6.07, 6.45) is 1.28. The van der Waals surface area contributed by atoms with E-state index >= 15 is 0 Å². The van der Waals surface area contributed by atoms with Crippen LogP contribution in [0.5, 0.6) is 0 Å². The molecule has 10 heteroatoms. The lowest BCUT2D eigenvalue weighted by Crippen LogP contribution is -2.34. The maximum absolute atomic E-state index is 12.9. The van der Waals surface area contributed by atoms with Gasteiger partial charge in [-0.15, -0.1) is 0 Å². The average molecular weight is 595 g/mol. The van der Waals surface area contributed by atoms with Gasteiger partial charge >= 0.3 is 0 Å². The van der Waals surface area contributed by atoms with Crippen molar-refractivity contribution in [2.24, 2.45) is 0 Å². The third kappa shape index (κ3) is 7.27. The van der Waals surface area contributed by atoms with Crippen molar-refractivity contribution in [3.63, 3.8) is 0 Å². The molecule has 228 valence electrons. The lowest BCUT2D eigenvalue weighted by Gasteiger charge is -2.25. The topological polar surface area (TPSA) is 127 Å². The van der Waals surface area contributed by atoms with E-state index in [1.165, 1.54) is 6.33 Å². The van der Waals surface area contributed by atoms with Gasteiger partial charge in [0, 0.05) is 34.6 Å². The lowest BCUT2D eigenvalue weighted by atomic mass is 9.81. The first-order valence-electron chi connectivity index (χ1n) is 14.6. The summed E-state index contributed by atoms with van der Waals surface area (Å²) in [4.78, 5) is 39.2. The van der Waals surface area contributed by atoms with Crippen molar-refractivity contribution >= 4 is 29.1 Å². The Morgan fingerprint density at radius 1 is 0.932 bits per heavy atom. The Labute approximate surface area is 257 Å². The zero-order chi connectivity index (χ0) is 31.5. The first kappa shape index (κ1) is 30.8. The fourth-order valence-corrected chi connectivity index (χ4v) is 5.03. The molecule has 0 bridgehead atoms. The molecular weight excluding hydrogens is 556 g/mol. The third-order valence-corrected chi connectivity index (χ3v) is 7.31. The number of nitrogens with one attached hydrogen (secondary N) is 3. The maximum atomic E-state index is 12.9. The van der Waals surface area contributed by atoms with Crippen LogP contribution in [0.1, 0.15) is 66.5 Å². The van der Waals surface area contributed by atoms with Crippen LogP contribution in [-0.4, -0.2) is 51.8 Å². The first-order chi connectivity index (χ1) is 20.9. The average Bonchev–Trinajstić information content (AvgIpc) is 3.35. The van der Waals surface area contributed by atoms with Crippen LogP contribution in [0.2, 0.25) is 0 Å². The molecule has 1 aliphatic rings. The van der Waals surface area contributed by atoms with Crippen LogP contribution in [0.15, 0.2) is 73.1 Å². The molecule has 2 heterocycles. The molecule has 3 N–H and O–H groups in total. The summed E-state index contributed by atoms with van der Waals surface area (Å²) in [6, 6.07) is 20.1. The molecule has 0 radical (unpaired) electrons. The maximum Gasteiger partial charge on any atom is 0.255 e. The van der Waals surface area contributed by atoms with Crippen LogP contribution in [0.4, 0.5) is 17.3 Å². The molecule has 2 amide bonds. The summed E-state index contributed by atoms with van der Waals surface area (Å²) in [5.41, 5.74) is 5.00. The Morgan fingerprint density at radius 3 is 2.30 bits per heavy atom. The predicted octanol–water partition coefficient (Wildman–Crippen LogP) is 6.02. The molecule has 0 saturated carbocycles. The highest BCUT2D eigenvalue weighted by Gasteiger charge is 2.32. The molecule has 0 spiro atoms. The number of hydrogen-bond acceptors (Lipinski definition) is 8. The Kier molecular flexibility index (Phi) is 8.75. The number of nitrogens with zero attached hydrogens (tertiary/aromatic N) is 3. The Hall–Kier alpha value is -4.67. The van der Waals surface area contributed by atoms with E-state index in [1.54, 1.807) is 36.4 Å². The minimum atomic E-state index is -0.633. The summed E-state index contributed by atoms with van der Waals surface area (Å²) in [5.74, 6) is -0.185. The molecule has 5 rings (SSSR count). The Morgan fingerprint density at radius 2 is 1.64 bits per heavy atom. The number of benzene rings is 3. The number of hydrogen-bond donors (Lipinski definition) is 3.